The van der Waals surface area contributed by atoms with E-state index < -0.39 is 0 Å². The van der Waals surface area contributed by atoms with Crippen LogP contribution in [-0.2, 0) is 6.54 Å². The van der Waals surface area contributed by atoms with Crippen LogP contribution >= 0.6 is 11.6 Å². The Hall–Kier alpha value is -1.82. The lowest BCUT2D eigenvalue weighted by molar-refractivity contribution is -0.0235. The van der Waals surface area contributed by atoms with E-state index >= 15 is 0 Å². The standard InChI is InChI=1S/C21H26ClFN4/c22-20-18(7-8-19(21(20)24)25-13-15-1-2-15)17-5-3-16(4-6-17)14-26-9-11-27(23)12-10-26/h3-8,15,25H,1-2,9-14,24H2. The maximum absolute atomic E-state index is 13.1. The third-order valence-corrected chi connectivity index (χ3v) is 5.85. The number of rotatable bonds is 6. The molecule has 4 nitrogen and oxygen atoms in total. The Balaban J connectivity index is 1.44. The molecule has 2 fully saturated rings. The summed E-state index contributed by atoms with van der Waals surface area (Å²) in [5.41, 5.74) is 11.0. The van der Waals surface area contributed by atoms with Crippen molar-refractivity contribution < 1.29 is 4.48 Å². The molecule has 144 valence electrons. The van der Waals surface area contributed by atoms with Gasteiger partial charge in [0.25, 0.3) is 0 Å². The molecule has 0 atom stereocenters. The van der Waals surface area contributed by atoms with Gasteiger partial charge in [-0.25, -0.2) is 0 Å². The molecule has 0 unspecified atom stereocenters. The van der Waals surface area contributed by atoms with E-state index in [1.807, 2.05) is 12.1 Å². The van der Waals surface area contributed by atoms with Crippen LogP contribution < -0.4 is 11.1 Å². The smallest absolute Gasteiger partial charge is 0.0745 e. The summed E-state index contributed by atoms with van der Waals surface area (Å²) >= 11 is 6.56. The van der Waals surface area contributed by atoms with Crippen molar-refractivity contribution in [3.05, 3.63) is 47.0 Å². The Morgan fingerprint density at radius 3 is 2.41 bits per heavy atom. The lowest BCUT2D eigenvalue weighted by atomic mass is 10.0. The van der Waals surface area contributed by atoms with Gasteiger partial charge in [0, 0.05) is 44.8 Å². The van der Waals surface area contributed by atoms with E-state index in [9.17, 15) is 4.48 Å². The number of nitrogens with one attached hydrogen (secondary N) is 1. The highest BCUT2D eigenvalue weighted by atomic mass is 35.5. The molecule has 4 rings (SSSR count). The summed E-state index contributed by atoms with van der Waals surface area (Å²) < 4.78 is 13.1. The number of nitrogens with two attached hydrogens (primary N) is 1. The summed E-state index contributed by atoms with van der Waals surface area (Å²) in [5, 5.41) is 4.89. The molecule has 0 amide bonds. The zero-order valence-electron chi connectivity index (χ0n) is 15.4. The van der Waals surface area contributed by atoms with Crippen LogP contribution in [0, 0.1) is 5.92 Å². The van der Waals surface area contributed by atoms with Crippen LogP contribution in [0.25, 0.3) is 11.1 Å². The SMILES string of the molecule is Nc1c(NCC2CC2)ccc(-c2ccc(CN3CCN(F)CC3)cc2)c1Cl. The average molecular weight is 389 g/mol. The normalized spacial score (nSPS) is 18.6. The van der Waals surface area contributed by atoms with Crippen LogP contribution in [0.2, 0.25) is 5.02 Å². The highest BCUT2D eigenvalue weighted by molar-refractivity contribution is 6.36. The number of benzene rings is 2. The molecule has 2 aliphatic rings. The van der Waals surface area contributed by atoms with E-state index in [2.05, 4.69) is 34.5 Å². The molecular weight excluding hydrogens is 363 g/mol. The third-order valence-electron chi connectivity index (χ3n) is 5.45. The first-order valence-corrected chi connectivity index (χ1v) is 10.0. The van der Waals surface area contributed by atoms with E-state index in [-0.39, 0.29) is 0 Å². The molecule has 1 saturated carbocycles. The Bertz CT molecular complexity index is 784. The summed E-state index contributed by atoms with van der Waals surface area (Å²) in [6, 6.07) is 12.4. The van der Waals surface area contributed by atoms with Gasteiger partial charge in [0.1, 0.15) is 0 Å². The van der Waals surface area contributed by atoms with Crippen LogP contribution in [0.3, 0.4) is 0 Å². The lowest BCUT2D eigenvalue weighted by Gasteiger charge is -2.29. The van der Waals surface area contributed by atoms with E-state index in [0.717, 1.165) is 54.0 Å². The number of nitrogen functional groups attached to an aromatic ring is 1. The molecule has 3 N–H and O–H groups in total. The van der Waals surface area contributed by atoms with Gasteiger partial charge in [-0.2, -0.15) is 0 Å². The van der Waals surface area contributed by atoms with Gasteiger partial charge in [-0.1, -0.05) is 41.9 Å². The molecule has 1 aliphatic heterocycles. The fraction of sp³-hybridized carbons (Fsp3) is 0.429. The van der Waals surface area contributed by atoms with Crippen molar-refractivity contribution in [3.8, 4) is 11.1 Å². The molecule has 0 aromatic heterocycles. The van der Waals surface area contributed by atoms with E-state index in [1.54, 1.807) is 0 Å². The van der Waals surface area contributed by atoms with Crippen molar-refractivity contribution in [2.45, 2.75) is 19.4 Å². The average Bonchev–Trinajstić information content (AvgIpc) is 3.50. The van der Waals surface area contributed by atoms with Gasteiger partial charge >= 0.3 is 0 Å². The minimum absolute atomic E-state index is 0.480. The van der Waals surface area contributed by atoms with Crippen LogP contribution in [0.15, 0.2) is 36.4 Å². The monoisotopic (exact) mass is 388 g/mol. The molecule has 2 aromatic rings. The molecule has 6 heteroatoms. The zero-order valence-corrected chi connectivity index (χ0v) is 16.2. The molecule has 1 heterocycles. The Kier molecular flexibility index (Phi) is 5.53. The molecule has 0 spiro atoms. The molecule has 1 aliphatic carbocycles. The summed E-state index contributed by atoms with van der Waals surface area (Å²) in [6.45, 7) is 4.29. The van der Waals surface area contributed by atoms with Crippen LogP contribution in [0.5, 0.6) is 0 Å². The topological polar surface area (TPSA) is 44.5 Å². The number of hydrogen-bond acceptors (Lipinski definition) is 4. The van der Waals surface area contributed by atoms with E-state index in [4.69, 9.17) is 17.3 Å². The minimum atomic E-state index is 0.480. The highest BCUT2D eigenvalue weighted by Gasteiger charge is 2.21. The Morgan fingerprint density at radius 1 is 1.04 bits per heavy atom. The molecule has 2 aromatic carbocycles. The first-order chi connectivity index (χ1) is 13.1. The van der Waals surface area contributed by atoms with Crippen molar-refractivity contribution in [1.82, 2.24) is 10.0 Å². The van der Waals surface area contributed by atoms with E-state index in [0.29, 0.717) is 23.8 Å². The molecule has 1 saturated heterocycles. The maximum Gasteiger partial charge on any atom is 0.0745 e. The van der Waals surface area contributed by atoms with Crippen molar-refractivity contribution in [1.29, 1.82) is 0 Å². The number of nitrogens with zero attached hydrogens (tertiary/aromatic N) is 2. The quantitative estimate of drug-likeness (QED) is 0.568. The van der Waals surface area contributed by atoms with Crippen molar-refractivity contribution in [2.24, 2.45) is 5.92 Å². The highest BCUT2D eigenvalue weighted by Crippen LogP contribution is 2.38. The van der Waals surface area contributed by atoms with Gasteiger partial charge in [-0.05, 0) is 36.0 Å². The second-order valence-electron chi connectivity index (χ2n) is 7.60. The zero-order chi connectivity index (χ0) is 18.8. The molecule has 0 radical (unpaired) electrons. The van der Waals surface area contributed by atoms with Crippen LogP contribution in [0.1, 0.15) is 18.4 Å². The molecule has 27 heavy (non-hydrogen) atoms. The molecular formula is C21H26ClFN4. The van der Waals surface area contributed by atoms with Crippen LogP contribution in [-0.4, -0.2) is 42.7 Å². The fourth-order valence-electron chi connectivity index (χ4n) is 3.48. The second kappa shape index (κ2) is 8.05. The first-order valence-electron chi connectivity index (χ1n) is 9.64. The third kappa shape index (κ3) is 4.54. The van der Waals surface area contributed by atoms with Gasteiger partial charge in [0.05, 0.1) is 16.4 Å². The second-order valence-corrected chi connectivity index (χ2v) is 7.97. The predicted molar refractivity (Wildman–Crippen MR) is 110 cm³/mol. The van der Waals surface area contributed by atoms with Gasteiger partial charge in [0.2, 0.25) is 0 Å². The Morgan fingerprint density at radius 2 is 1.74 bits per heavy atom. The molecule has 0 bridgehead atoms. The van der Waals surface area contributed by atoms with Crippen molar-refractivity contribution in [2.75, 3.05) is 43.8 Å². The number of piperazine rings is 1. The predicted octanol–water partition coefficient (Wildman–Crippen LogP) is 4.41. The number of halogens is 2. The minimum Gasteiger partial charge on any atom is -0.396 e. The Labute approximate surface area is 165 Å². The van der Waals surface area contributed by atoms with Crippen LogP contribution in [0.4, 0.5) is 15.9 Å². The summed E-state index contributed by atoms with van der Waals surface area (Å²) in [4.78, 5) is 2.27. The number of anilines is 2. The van der Waals surface area contributed by atoms with Crippen molar-refractivity contribution >= 4 is 23.0 Å². The van der Waals surface area contributed by atoms with Gasteiger partial charge in [-0.3, -0.25) is 4.90 Å². The van der Waals surface area contributed by atoms with Crippen molar-refractivity contribution in [3.63, 3.8) is 0 Å². The fourth-order valence-corrected chi connectivity index (χ4v) is 3.75. The summed E-state index contributed by atoms with van der Waals surface area (Å²) in [7, 11) is 0. The van der Waals surface area contributed by atoms with Gasteiger partial charge in [0.15, 0.2) is 0 Å². The van der Waals surface area contributed by atoms with Gasteiger partial charge < -0.3 is 11.1 Å². The maximum atomic E-state index is 13.1. The van der Waals surface area contributed by atoms with E-state index in [1.165, 1.54) is 18.4 Å². The summed E-state index contributed by atoms with van der Waals surface area (Å²) in [6.07, 6.45) is 2.60. The largest absolute Gasteiger partial charge is 0.396 e. The first kappa shape index (κ1) is 18.5. The lowest BCUT2D eigenvalue weighted by Crippen LogP contribution is -2.42. The van der Waals surface area contributed by atoms with Gasteiger partial charge in [-0.15, -0.1) is 9.60 Å². The summed E-state index contributed by atoms with van der Waals surface area (Å²) in [5.74, 6) is 0.781. The number of hydrogen-bond donors (Lipinski definition) is 2.